The second-order valence-corrected chi connectivity index (χ2v) is 4.88. The molecule has 0 aliphatic carbocycles. The number of aromatic nitrogens is 2. The van der Waals surface area contributed by atoms with Crippen LogP contribution in [0.2, 0.25) is 0 Å². The van der Waals surface area contributed by atoms with E-state index in [0.717, 1.165) is 11.4 Å². The maximum atomic E-state index is 12.0. The van der Waals surface area contributed by atoms with Gasteiger partial charge in [0, 0.05) is 18.3 Å². The van der Waals surface area contributed by atoms with Gasteiger partial charge in [-0.15, -0.1) is 0 Å². The molecule has 0 radical (unpaired) electrons. The molecule has 0 saturated heterocycles. The predicted molar refractivity (Wildman–Crippen MR) is 81.8 cm³/mol. The van der Waals surface area contributed by atoms with Crippen molar-refractivity contribution in [3.63, 3.8) is 0 Å². The van der Waals surface area contributed by atoms with Crippen LogP contribution in [0.4, 0.5) is 16.2 Å². The molecule has 6 nitrogen and oxygen atoms in total. The molecule has 0 unspecified atom stereocenters. The molecule has 0 atom stereocenters. The van der Waals surface area contributed by atoms with Crippen LogP contribution < -0.4 is 10.6 Å². The molecule has 2 aromatic rings. The van der Waals surface area contributed by atoms with E-state index in [1.165, 1.54) is 6.92 Å². The molecule has 0 spiro atoms. The fraction of sp³-hybridized carbons (Fsp3) is 0.267. The molecule has 2 amide bonds. The molecule has 2 N–H and O–H groups in total. The Morgan fingerprint density at radius 3 is 2.19 bits per heavy atom. The number of nitrogens with zero attached hydrogens (tertiary/aromatic N) is 2. The summed E-state index contributed by atoms with van der Waals surface area (Å²) in [4.78, 5) is 23.2. The first kappa shape index (κ1) is 14.8. The van der Waals surface area contributed by atoms with Crippen LogP contribution in [0.3, 0.4) is 0 Å². The Labute approximate surface area is 123 Å². The van der Waals surface area contributed by atoms with Gasteiger partial charge in [-0.25, -0.2) is 4.79 Å². The highest BCUT2D eigenvalue weighted by Gasteiger charge is 2.12. The lowest BCUT2D eigenvalue weighted by Crippen LogP contribution is -2.20. The van der Waals surface area contributed by atoms with Crippen molar-refractivity contribution >= 4 is 23.2 Å². The van der Waals surface area contributed by atoms with E-state index in [2.05, 4.69) is 15.7 Å². The lowest BCUT2D eigenvalue weighted by Gasteiger charge is -2.08. The molecule has 1 aromatic carbocycles. The number of carbonyl (C=O) groups is 2. The first-order valence-corrected chi connectivity index (χ1v) is 6.57. The highest BCUT2D eigenvalue weighted by atomic mass is 16.2. The van der Waals surface area contributed by atoms with Crippen molar-refractivity contribution in [3.8, 4) is 0 Å². The van der Waals surface area contributed by atoms with Crippen LogP contribution >= 0.6 is 0 Å². The van der Waals surface area contributed by atoms with E-state index in [4.69, 9.17) is 0 Å². The number of rotatable bonds is 3. The van der Waals surface area contributed by atoms with E-state index >= 15 is 0 Å². The number of nitrogens with one attached hydrogen (secondary N) is 2. The van der Waals surface area contributed by atoms with E-state index in [1.54, 1.807) is 28.9 Å². The largest absolute Gasteiger partial charge is 0.323 e. The Hall–Kier alpha value is -2.63. The minimum absolute atomic E-state index is 0.00684. The number of carbonyl (C=O) groups excluding carboxylic acids is 2. The number of urea groups is 1. The fourth-order valence-electron chi connectivity index (χ4n) is 2.02. The standard InChI is InChI=1S/C15H18N4O2/c1-9-14(10(2)19(4)18-9)17-15(21)16-13-7-5-12(6-8-13)11(3)20/h5-8H,1-4H3,(H2,16,17,21). The van der Waals surface area contributed by atoms with Gasteiger partial charge in [0.15, 0.2) is 5.78 Å². The summed E-state index contributed by atoms with van der Waals surface area (Å²) in [6.07, 6.45) is 0. The molecule has 0 aliphatic heterocycles. The number of anilines is 2. The summed E-state index contributed by atoms with van der Waals surface area (Å²) in [5, 5.41) is 9.75. The van der Waals surface area contributed by atoms with E-state index in [1.807, 2.05) is 20.9 Å². The van der Waals surface area contributed by atoms with Crippen LogP contribution in [0.15, 0.2) is 24.3 Å². The number of aryl methyl sites for hydroxylation is 2. The van der Waals surface area contributed by atoms with Gasteiger partial charge < -0.3 is 10.6 Å². The van der Waals surface area contributed by atoms with Crippen LogP contribution in [0, 0.1) is 13.8 Å². The molecular weight excluding hydrogens is 268 g/mol. The normalized spacial score (nSPS) is 10.3. The van der Waals surface area contributed by atoms with E-state index in [9.17, 15) is 9.59 Å². The number of amides is 2. The molecular formula is C15H18N4O2. The second kappa shape index (κ2) is 5.78. The van der Waals surface area contributed by atoms with E-state index in [0.29, 0.717) is 16.9 Å². The molecule has 0 saturated carbocycles. The SMILES string of the molecule is CC(=O)c1ccc(NC(=O)Nc2c(C)nn(C)c2C)cc1. The van der Waals surface area contributed by atoms with Crippen molar-refractivity contribution in [1.29, 1.82) is 0 Å². The molecule has 21 heavy (non-hydrogen) atoms. The molecule has 0 bridgehead atoms. The molecule has 0 aliphatic rings. The average molecular weight is 286 g/mol. The third-order valence-electron chi connectivity index (χ3n) is 3.30. The Balaban J connectivity index is 2.06. The summed E-state index contributed by atoms with van der Waals surface area (Å²) in [6.45, 7) is 5.23. The van der Waals surface area contributed by atoms with Gasteiger partial charge >= 0.3 is 6.03 Å². The maximum Gasteiger partial charge on any atom is 0.323 e. The van der Waals surface area contributed by atoms with Gasteiger partial charge in [-0.3, -0.25) is 9.48 Å². The number of hydrogen-bond acceptors (Lipinski definition) is 3. The molecule has 1 heterocycles. The molecule has 2 rings (SSSR count). The molecule has 110 valence electrons. The third-order valence-corrected chi connectivity index (χ3v) is 3.30. The van der Waals surface area contributed by atoms with Crippen LogP contribution in [0.25, 0.3) is 0 Å². The number of hydrogen-bond donors (Lipinski definition) is 2. The van der Waals surface area contributed by atoms with Gasteiger partial charge in [0.1, 0.15) is 0 Å². The quantitative estimate of drug-likeness (QED) is 0.852. The van der Waals surface area contributed by atoms with E-state index in [-0.39, 0.29) is 11.8 Å². The number of Topliss-reactive ketones (excluding diaryl/α,β-unsaturated/α-hetero) is 1. The van der Waals surface area contributed by atoms with Crippen LogP contribution in [0.5, 0.6) is 0 Å². The summed E-state index contributed by atoms with van der Waals surface area (Å²) in [5.41, 5.74) is 3.58. The van der Waals surface area contributed by atoms with Gasteiger partial charge in [0.05, 0.1) is 17.1 Å². The highest BCUT2D eigenvalue weighted by molar-refractivity contribution is 6.01. The lowest BCUT2D eigenvalue weighted by molar-refractivity contribution is 0.101. The first-order valence-electron chi connectivity index (χ1n) is 6.57. The zero-order valence-corrected chi connectivity index (χ0v) is 12.5. The van der Waals surface area contributed by atoms with Crippen LogP contribution in [0.1, 0.15) is 28.7 Å². The lowest BCUT2D eigenvalue weighted by atomic mass is 10.1. The van der Waals surface area contributed by atoms with Gasteiger partial charge in [-0.05, 0) is 45.0 Å². The van der Waals surface area contributed by atoms with Crippen molar-refractivity contribution in [2.75, 3.05) is 10.6 Å². The van der Waals surface area contributed by atoms with Crippen LogP contribution in [-0.4, -0.2) is 21.6 Å². The van der Waals surface area contributed by atoms with Crippen molar-refractivity contribution in [2.24, 2.45) is 7.05 Å². The zero-order chi connectivity index (χ0) is 15.6. The maximum absolute atomic E-state index is 12.0. The predicted octanol–water partition coefficient (Wildman–Crippen LogP) is 2.88. The third kappa shape index (κ3) is 3.28. The highest BCUT2D eigenvalue weighted by Crippen LogP contribution is 2.19. The van der Waals surface area contributed by atoms with Crippen molar-refractivity contribution in [3.05, 3.63) is 41.2 Å². The van der Waals surface area contributed by atoms with Crippen LogP contribution in [-0.2, 0) is 7.05 Å². The zero-order valence-electron chi connectivity index (χ0n) is 12.5. The first-order chi connectivity index (χ1) is 9.88. The Morgan fingerprint density at radius 1 is 1.10 bits per heavy atom. The second-order valence-electron chi connectivity index (χ2n) is 4.88. The summed E-state index contributed by atoms with van der Waals surface area (Å²) in [7, 11) is 1.83. The minimum Gasteiger partial charge on any atom is -0.308 e. The molecule has 6 heteroatoms. The van der Waals surface area contributed by atoms with Crippen molar-refractivity contribution < 1.29 is 9.59 Å². The minimum atomic E-state index is -0.343. The number of ketones is 1. The van der Waals surface area contributed by atoms with E-state index < -0.39 is 0 Å². The Morgan fingerprint density at radius 2 is 1.71 bits per heavy atom. The van der Waals surface area contributed by atoms with Gasteiger partial charge in [-0.1, -0.05) is 0 Å². The number of benzene rings is 1. The molecule has 0 fully saturated rings. The van der Waals surface area contributed by atoms with Gasteiger partial charge in [0.25, 0.3) is 0 Å². The van der Waals surface area contributed by atoms with Gasteiger partial charge in [-0.2, -0.15) is 5.10 Å². The Bertz CT molecular complexity index is 686. The summed E-state index contributed by atoms with van der Waals surface area (Å²) in [5.74, 6) is -0.00684. The fourth-order valence-corrected chi connectivity index (χ4v) is 2.02. The smallest absolute Gasteiger partial charge is 0.308 e. The molecule has 1 aromatic heterocycles. The van der Waals surface area contributed by atoms with Gasteiger partial charge in [0.2, 0.25) is 0 Å². The van der Waals surface area contributed by atoms with Crippen molar-refractivity contribution in [2.45, 2.75) is 20.8 Å². The summed E-state index contributed by atoms with van der Waals surface area (Å²) < 4.78 is 1.71. The average Bonchev–Trinajstić information content (AvgIpc) is 2.66. The summed E-state index contributed by atoms with van der Waals surface area (Å²) in [6, 6.07) is 6.40. The summed E-state index contributed by atoms with van der Waals surface area (Å²) >= 11 is 0. The van der Waals surface area contributed by atoms with Crippen molar-refractivity contribution in [1.82, 2.24) is 9.78 Å². The Kier molecular flexibility index (Phi) is 4.07. The topological polar surface area (TPSA) is 76.0 Å². The monoisotopic (exact) mass is 286 g/mol.